The molecule has 7 aromatic rings. The van der Waals surface area contributed by atoms with E-state index in [9.17, 15) is 0 Å². The van der Waals surface area contributed by atoms with Crippen molar-refractivity contribution in [2.24, 2.45) is 0 Å². The van der Waals surface area contributed by atoms with E-state index in [1.807, 2.05) is 11.8 Å². The fourth-order valence-corrected chi connectivity index (χ4v) is 8.62. The van der Waals surface area contributed by atoms with Crippen molar-refractivity contribution in [3.8, 4) is 27.9 Å². The molecule has 0 saturated heterocycles. The molecule has 0 saturated carbocycles. The predicted octanol–water partition coefficient (Wildman–Crippen LogP) is 10.1. The average Bonchev–Trinajstić information content (AvgIpc) is 3.60. The average molecular weight is 569 g/mol. The summed E-state index contributed by atoms with van der Waals surface area (Å²) in [7, 11) is 0. The SMILES string of the molecule is CCc1nc2cccc3c2n1-c1c(cccc1-c1ccc2c(c1)C(c1ccccc1)(c1ccccc1)c1ccccc1-2)S3. The molecule has 0 spiro atoms. The zero-order valence-corrected chi connectivity index (χ0v) is 24.6. The highest BCUT2D eigenvalue weighted by Crippen LogP contribution is 2.57. The molecule has 1 aliphatic carbocycles. The number of para-hydroxylation sites is 2. The summed E-state index contributed by atoms with van der Waals surface area (Å²) in [5.41, 5.74) is 13.4. The predicted molar refractivity (Wildman–Crippen MR) is 177 cm³/mol. The number of benzene rings is 6. The Kier molecular flexibility index (Phi) is 5.36. The first-order valence-corrected chi connectivity index (χ1v) is 15.8. The van der Waals surface area contributed by atoms with Gasteiger partial charge in [-0.3, -0.25) is 4.57 Å². The van der Waals surface area contributed by atoms with E-state index >= 15 is 0 Å². The molecule has 2 heterocycles. The Morgan fingerprint density at radius 1 is 0.605 bits per heavy atom. The third kappa shape index (κ3) is 3.34. The van der Waals surface area contributed by atoms with Crippen molar-refractivity contribution < 1.29 is 0 Å². The van der Waals surface area contributed by atoms with Gasteiger partial charge in [-0.2, -0.15) is 0 Å². The molecule has 0 fully saturated rings. The summed E-state index contributed by atoms with van der Waals surface area (Å²) in [6.07, 6.45) is 0.872. The van der Waals surface area contributed by atoms with Gasteiger partial charge >= 0.3 is 0 Å². The molecule has 0 bridgehead atoms. The summed E-state index contributed by atoms with van der Waals surface area (Å²) in [5.74, 6) is 1.10. The molecule has 1 aromatic heterocycles. The first-order valence-electron chi connectivity index (χ1n) is 15.0. The van der Waals surface area contributed by atoms with Crippen LogP contribution in [0.4, 0.5) is 0 Å². The molecule has 6 aromatic carbocycles. The van der Waals surface area contributed by atoms with Gasteiger partial charge in [0, 0.05) is 21.8 Å². The van der Waals surface area contributed by atoms with Crippen molar-refractivity contribution in [2.75, 3.05) is 0 Å². The standard InChI is InChI=1S/C40H28N2S/c1-2-37-41-34-20-12-22-36-39(34)42(37)38-29(18-11-21-35(38)43-36)26-23-24-31-30-17-9-10-19-32(30)40(33(31)25-26,27-13-5-3-6-14-27)28-15-7-4-8-16-28/h3-25H,2H2,1H3. The number of hydrogen-bond donors (Lipinski definition) is 0. The molecule has 2 nitrogen and oxygen atoms in total. The lowest BCUT2D eigenvalue weighted by Gasteiger charge is -2.34. The van der Waals surface area contributed by atoms with E-state index in [0.717, 1.165) is 17.8 Å². The number of rotatable bonds is 4. The second-order valence-corrected chi connectivity index (χ2v) is 12.5. The Morgan fingerprint density at radius 2 is 1.26 bits per heavy atom. The molecule has 204 valence electrons. The molecule has 0 unspecified atom stereocenters. The molecule has 9 rings (SSSR count). The van der Waals surface area contributed by atoms with Crippen LogP contribution in [0, 0.1) is 0 Å². The Balaban J connectivity index is 1.36. The Bertz CT molecular complexity index is 2150. The van der Waals surface area contributed by atoms with Crippen LogP contribution in [0.1, 0.15) is 35.0 Å². The summed E-state index contributed by atoms with van der Waals surface area (Å²) in [6, 6.07) is 51.4. The van der Waals surface area contributed by atoms with E-state index < -0.39 is 5.41 Å². The molecule has 0 amide bonds. The second-order valence-electron chi connectivity index (χ2n) is 11.4. The number of hydrogen-bond acceptors (Lipinski definition) is 2. The van der Waals surface area contributed by atoms with E-state index in [-0.39, 0.29) is 0 Å². The van der Waals surface area contributed by atoms with Gasteiger partial charge in [0.1, 0.15) is 5.82 Å². The number of fused-ring (bicyclic) bond motifs is 5. The van der Waals surface area contributed by atoms with E-state index in [4.69, 9.17) is 4.98 Å². The summed E-state index contributed by atoms with van der Waals surface area (Å²) in [4.78, 5) is 7.61. The van der Waals surface area contributed by atoms with Gasteiger partial charge in [0.15, 0.2) is 0 Å². The molecule has 0 N–H and O–H groups in total. The zero-order chi connectivity index (χ0) is 28.5. The van der Waals surface area contributed by atoms with E-state index in [0.29, 0.717) is 0 Å². The lowest BCUT2D eigenvalue weighted by Crippen LogP contribution is -2.28. The van der Waals surface area contributed by atoms with Crippen LogP contribution in [0.3, 0.4) is 0 Å². The number of aryl methyl sites for hydroxylation is 1. The smallest absolute Gasteiger partial charge is 0.114 e. The van der Waals surface area contributed by atoms with Gasteiger partial charge in [-0.05, 0) is 63.2 Å². The first-order chi connectivity index (χ1) is 21.3. The first kappa shape index (κ1) is 24.7. The van der Waals surface area contributed by atoms with Gasteiger partial charge < -0.3 is 0 Å². The van der Waals surface area contributed by atoms with Crippen molar-refractivity contribution in [3.63, 3.8) is 0 Å². The molecule has 0 radical (unpaired) electrons. The molecular formula is C40H28N2S. The largest absolute Gasteiger partial charge is 0.293 e. The molecular weight excluding hydrogens is 541 g/mol. The quantitative estimate of drug-likeness (QED) is 0.210. The summed E-state index contributed by atoms with van der Waals surface area (Å²) in [5, 5.41) is 0. The van der Waals surface area contributed by atoms with Gasteiger partial charge in [-0.1, -0.05) is 134 Å². The fourth-order valence-electron chi connectivity index (χ4n) is 7.50. The van der Waals surface area contributed by atoms with Gasteiger partial charge in [0.25, 0.3) is 0 Å². The van der Waals surface area contributed by atoms with Crippen LogP contribution in [-0.4, -0.2) is 9.55 Å². The Hall–Kier alpha value is -4.86. The van der Waals surface area contributed by atoms with Crippen LogP contribution in [0.15, 0.2) is 149 Å². The highest BCUT2D eigenvalue weighted by Gasteiger charge is 2.46. The Morgan fingerprint density at radius 3 is 2.02 bits per heavy atom. The number of aromatic nitrogens is 2. The van der Waals surface area contributed by atoms with Crippen LogP contribution in [0.25, 0.3) is 39.0 Å². The molecule has 3 heteroatoms. The Labute approximate surface area is 255 Å². The van der Waals surface area contributed by atoms with Gasteiger partial charge in [0.2, 0.25) is 0 Å². The third-order valence-corrected chi connectivity index (χ3v) is 10.3. The molecule has 0 atom stereocenters. The maximum absolute atomic E-state index is 5.07. The lowest BCUT2D eigenvalue weighted by molar-refractivity contribution is 0.768. The number of nitrogens with zero attached hydrogens (tertiary/aromatic N) is 2. The molecule has 1 aliphatic heterocycles. The van der Waals surface area contributed by atoms with Crippen molar-refractivity contribution in [3.05, 3.63) is 168 Å². The maximum Gasteiger partial charge on any atom is 0.114 e. The van der Waals surface area contributed by atoms with Crippen molar-refractivity contribution in [1.29, 1.82) is 0 Å². The van der Waals surface area contributed by atoms with Crippen molar-refractivity contribution >= 4 is 22.8 Å². The summed E-state index contributed by atoms with van der Waals surface area (Å²) in [6.45, 7) is 2.20. The molecule has 2 aliphatic rings. The van der Waals surface area contributed by atoms with E-state index in [1.54, 1.807) is 0 Å². The van der Waals surface area contributed by atoms with Gasteiger partial charge in [0.05, 0.1) is 22.1 Å². The van der Waals surface area contributed by atoms with Crippen molar-refractivity contribution in [2.45, 2.75) is 28.6 Å². The monoisotopic (exact) mass is 568 g/mol. The van der Waals surface area contributed by atoms with Crippen LogP contribution < -0.4 is 0 Å². The maximum atomic E-state index is 5.07. The van der Waals surface area contributed by atoms with Crippen LogP contribution in [0.2, 0.25) is 0 Å². The lowest BCUT2D eigenvalue weighted by atomic mass is 9.67. The zero-order valence-electron chi connectivity index (χ0n) is 23.8. The topological polar surface area (TPSA) is 17.8 Å². The minimum Gasteiger partial charge on any atom is -0.293 e. The highest BCUT2D eigenvalue weighted by molar-refractivity contribution is 7.99. The minimum absolute atomic E-state index is 0.419. The van der Waals surface area contributed by atoms with Gasteiger partial charge in [-0.25, -0.2) is 4.98 Å². The van der Waals surface area contributed by atoms with E-state index in [2.05, 4.69) is 151 Å². The second kappa shape index (κ2) is 9.32. The fraction of sp³-hybridized carbons (Fsp3) is 0.0750. The molecule has 43 heavy (non-hydrogen) atoms. The highest BCUT2D eigenvalue weighted by atomic mass is 32.2. The van der Waals surface area contributed by atoms with Crippen LogP contribution in [-0.2, 0) is 11.8 Å². The summed E-state index contributed by atoms with van der Waals surface area (Å²) < 4.78 is 2.43. The van der Waals surface area contributed by atoms with E-state index in [1.165, 1.54) is 65.5 Å². The minimum atomic E-state index is -0.419. The van der Waals surface area contributed by atoms with Crippen LogP contribution >= 0.6 is 11.8 Å². The van der Waals surface area contributed by atoms with Crippen molar-refractivity contribution in [1.82, 2.24) is 9.55 Å². The number of imidazole rings is 1. The normalized spacial score (nSPS) is 13.9. The van der Waals surface area contributed by atoms with Crippen LogP contribution in [0.5, 0.6) is 0 Å². The summed E-state index contributed by atoms with van der Waals surface area (Å²) >= 11 is 1.86. The van der Waals surface area contributed by atoms with Gasteiger partial charge in [-0.15, -0.1) is 0 Å². The third-order valence-electron chi connectivity index (χ3n) is 9.24.